The molecule has 9 aromatic heterocycles. The molecule has 0 unspecified atom stereocenters. The molecule has 2 fully saturated rings. The molecule has 2 aliphatic rings. The monoisotopic (exact) mass is 1930 g/mol. The van der Waals surface area contributed by atoms with Crippen LogP contribution < -0.4 is 124 Å². The average Bonchev–Trinajstić information content (AvgIpc) is 1.84. The summed E-state index contributed by atoms with van der Waals surface area (Å²) in [6, 6.07) is 21.5. The molecule has 0 atom stereocenters. The Kier molecular flexibility index (Phi) is 84.0. The Morgan fingerprint density at radius 3 is 1.10 bits per heavy atom. The molecule has 2 saturated heterocycles. The number of methoxy groups -OCH3 is 1. The molecule has 558 valence electrons. The summed E-state index contributed by atoms with van der Waals surface area (Å²) in [5.74, 6) is 0. The van der Waals surface area contributed by atoms with Crippen LogP contribution in [-0.4, -0.2) is 186 Å². The molecular formula is C66H98Br5N16Na3O4S9. The number of nitrogens with zero attached hydrogens (tertiary/aromatic N) is 14. The maximum Gasteiger partial charge on any atom is 1.00 e. The van der Waals surface area contributed by atoms with Crippen LogP contribution in [0.3, 0.4) is 0 Å². The number of nitrogens with one attached hydrogen (secondary N) is 1. The summed E-state index contributed by atoms with van der Waals surface area (Å²) in [6.45, 7) is 19.6. The van der Waals surface area contributed by atoms with E-state index in [0.717, 1.165) is 119 Å². The number of aliphatic hydroxyl groups is 1. The van der Waals surface area contributed by atoms with E-state index in [1.54, 1.807) is 136 Å². The van der Waals surface area contributed by atoms with Gasteiger partial charge in [0.05, 0.1) is 7.11 Å². The molecule has 0 amide bonds. The molecule has 11 heterocycles. The number of likely N-dealkylation sites (tertiary alicyclic amines) is 1. The first-order valence-electron chi connectivity index (χ1n) is 31.1. The van der Waals surface area contributed by atoms with E-state index in [-0.39, 0.29) is 91.5 Å². The second kappa shape index (κ2) is 79.5. The number of nitrogens with two attached hydrogens (primary N) is 1. The zero-order valence-corrected chi connectivity index (χ0v) is 82.5. The number of hydrogen-bond donors (Lipinski definition) is 3. The first-order chi connectivity index (χ1) is 48.8. The number of halogens is 5. The van der Waals surface area contributed by atoms with E-state index in [2.05, 4.69) is 230 Å². The van der Waals surface area contributed by atoms with Crippen molar-refractivity contribution >= 4 is 192 Å². The van der Waals surface area contributed by atoms with Gasteiger partial charge in [-0.25, -0.2) is 44.9 Å². The first kappa shape index (κ1) is 109. The van der Waals surface area contributed by atoms with E-state index in [0.29, 0.717) is 6.61 Å². The number of piperazine rings is 1. The van der Waals surface area contributed by atoms with Gasteiger partial charge in [-0.1, -0.05) is 111 Å². The molecule has 0 bridgehead atoms. The predicted octanol–water partition coefficient (Wildman–Crippen LogP) is 8.90. The standard InChI is InChI=1S/C14H17N3S.C12H17N.C9H16N2OS.C5H8N2S.C4H5NOS.5C3H2BrNS.C3H8O.C2H7N.CH5N.CH3O.3Na.2H/c1-2-4-13(5-3-1)12-16-7-9-17(10-8-16)14-15-6-11-18-14;1-3-7-12(8-4-1)11-13-9-5-2-6-10-13;1-3-11(4-2)6-7-12-9-10-5-8-13-9;1-7(2)5-6-3-4-8-5;1-6-4-5-2-3-7-4;5*4-3-5-1-2-6-3;1-2-3-4;1-3-2;2*1-2;;;;;/h1-6,11H,7-10,12H2;1,3-4,7-8H,2,5-6,9-11H2;5,8H,3-4,6-7H2,1-2H3;3-4H,1-2H3;2-3H,1H3;5*1-2H;4H,2-3H2,1H3;3H,1-2H3;2H2,1H3;1H3;;;;;/q;;;;;;;;;;;;;-1;3*+1;2*-1. The van der Waals surface area contributed by atoms with Crippen LogP contribution >= 0.6 is 182 Å². The number of piperidine rings is 1. The van der Waals surface area contributed by atoms with Gasteiger partial charge in [0.15, 0.2) is 29.8 Å². The molecular weight excluding hydrogens is 1840 g/mol. The van der Waals surface area contributed by atoms with Crippen LogP contribution in [0.15, 0.2) is 184 Å². The summed E-state index contributed by atoms with van der Waals surface area (Å²) in [6.07, 6.45) is 21.0. The third-order valence-corrected chi connectivity index (χ3v) is 21.4. The van der Waals surface area contributed by atoms with Gasteiger partial charge in [-0.3, -0.25) is 9.80 Å². The summed E-state index contributed by atoms with van der Waals surface area (Å²) >= 11 is 30.3. The summed E-state index contributed by atoms with van der Waals surface area (Å²) in [4.78, 5) is 47.3. The zero-order chi connectivity index (χ0) is 73.9. The summed E-state index contributed by atoms with van der Waals surface area (Å²) in [5, 5.41) is 40.0. The van der Waals surface area contributed by atoms with Gasteiger partial charge in [0.1, 0.15) is 6.61 Å². The van der Waals surface area contributed by atoms with Crippen molar-refractivity contribution in [3.63, 3.8) is 0 Å². The second-order valence-corrected chi connectivity index (χ2v) is 33.2. The quantitative estimate of drug-likeness (QED) is 0.0863. The fourth-order valence-electron chi connectivity index (χ4n) is 7.13. The number of aromatic nitrogens is 9. The van der Waals surface area contributed by atoms with E-state index < -0.39 is 0 Å². The smallest absolute Gasteiger partial charge is 1.00 e. The van der Waals surface area contributed by atoms with Gasteiger partial charge in [0.2, 0.25) is 0 Å². The minimum Gasteiger partial charge on any atom is -1.00 e. The zero-order valence-electron chi connectivity index (χ0n) is 63.3. The Balaban J connectivity index is -0.000000260. The first-order valence-corrected chi connectivity index (χ1v) is 43.0. The number of thiazole rings is 9. The number of anilines is 2. The van der Waals surface area contributed by atoms with Crippen molar-refractivity contribution in [2.45, 2.75) is 59.5 Å². The average molecular weight is 1940 g/mol. The minimum atomic E-state index is 0. The van der Waals surface area contributed by atoms with Crippen molar-refractivity contribution in [2.75, 3.05) is 131 Å². The van der Waals surface area contributed by atoms with Crippen LogP contribution in [0.25, 0.3) is 0 Å². The molecule has 0 radical (unpaired) electrons. The Bertz CT molecular complexity index is 3070. The number of likely N-dealkylation sites (N-methyl/N-ethyl adjacent to an activating group) is 1. The Labute approximate surface area is 760 Å². The van der Waals surface area contributed by atoms with E-state index in [4.69, 9.17) is 19.7 Å². The van der Waals surface area contributed by atoms with Crippen molar-refractivity contribution in [1.29, 1.82) is 0 Å². The molecule has 20 nitrogen and oxygen atoms in total. The van der Waals surface area contributed by atoms with Gasteiger partial charge in [0.25, 0.3) is 10.4 Å². The topological polar surface area (TPSA) is 232 Å². The van der Waals surface area contributed by atoms with Crippen LogP contribution in [0.2, 0.25) is 0 Å². The maximum atomic E-state index is 8.25. The van der Waals surface area contributed by atoms with Gasteiger partial charge >= 0.3 is 88.7 Å². The normalized spacial score (nSPS) is 11.2. The maximum absolute atomic E-state index is 8.25. The van der Waals surface area contributed by atoms with E-state index in [1.165, 1.54) is 73.2 Å². The number of ether oxygens (including phenoxy) is 2. The van der Waals surface area contributed by atoms with Crippen molar-refractivity contribution in [2.24, 2.45) is 5.73 Å². The van der Waals surface area contributed by atoms with Crippen LogP contribution in [0.4, 0.5) is 10.3 Å². The third-order valence-electron chi connectivity index (χ3n) is 11.6. The SMILES string of the molecule is Brc1nccs1.Brc1nccs1.Brc1nccs1.Brc1nccs1.Brc1nccs1.CCCO.CCN(CC)CCOc1nccs1.CN.CN(C)c1nccs1.CNC.COc1nccs1.C[O-].[H-].[H-].[Na+].[Na+].[Na+].c1ccc(CN2CCCCC2)cc1.c1ccc(CN2CCN(c3nccs3)CC2)cc1. The number of aliphatic hydroxyl groups excluding tert-OH is 1. The van der Waals surface area contributed by atoms with Gasteiger partial charge in [-0.15, -0.1) is 79.4 Å². The molecule has 37 heteroatoms. The molecule has 2 aliphatic heterocycles. The molecule has 11 aromatic rings. The third kappa shape index (κ3) is 63.7. The van der Waals surface area contributed by atoms with E-state index in [1.807, 2.05) is 94.6 Å². The van der Waals surface area contributed by atoms with Crippen LogP contribution in [-0.2, 0) is 13.1 Å². The summed E-state index contributed by atoms with van der Waals surface area (Å²) < 4.78 is 14.9. The van der Waals surface area contributed by atoms with Crippen molar-refractivity contribution in [1.82, 2.24) is 64.9 Å². The van der Waals surface area contributed by atoms with Crippen molar-refractivity contribution < 1.29 is 111 Å². The van der Waals surface area contributed by atoms with Crippen molar-refractivity contribution in [3.8, 4) is 10.4 Å². The van der Waals surface area contributed by atoms with E-state index >= 15 is 0 Å². The Morgan fingerprint density at radius 1 is 0.495 bits per heavy atom. The predicted molar refractivity (Wildman–Crippen MR) is 452 cm³/mol. The summed E-state index contributed by atoms with van der Waals surface area (Å²) in [7, 11) is 11.6. The van der Waals surface area contributed by atoms with E-state index in [9.17, 15) is 0 Å². The number of benzene rings is 2. The number of rotatable bonds is 14. The van der Waals surface area contributed by atoms with Gasteiger partial charge in [-0.2, -0.15) is 7.11 Å². The molecule has 0 spiro atoms. The molecule has 13 rings (SSSR count). The molecule has 0 saturated carbocycles. The fourth-order valence-corrected chi connectivity index (χ4v) is 13.4. The Hall–Kier alpha value is -0.570. The summed E-state index contributed by atoms with van der Waals surface area (Å²) in [5.41, 5.74) is 7.35. The fraction of sp³-hybridized carbons (Fsp3) is 0.409. The van der Waals surface area contributed by atoms with Crippen LogP contribution in [0, 0.1) is 0 Å². The Morgan fingerprint density at radius 2 is 0.835 bits per heavy atom. The van der Waals surface area contributed by atoms with Gasteiger partial charge < -0.3 is 48.3 Å². The molecule has 2 aromatic carbocycles. The molecule has 103 heavy (non-hydrogen) atoms. The van der Waals surface area contributed by atoms with Crippen molar-refractivity contribution in [3.05, 3.63) is 196 Å². The largest absolute Gasteiger partial charge is 1.00 e. The van der Waals surface area contributed by atoms with Crippen LogP contribution in [0.5, 0.6) is 10.4 Å². The van der Waals surface area contributed by atoms with Gasteiger partial charge in [-0.05, 0) is 157 Å². The minimum absolute atomic E-state index is 0. The molecule has 4 N–H and O–H groups in total. The number of hydrogen-bond acceptors (Lipinski definition) is 29. The second-order valence-electron chi connectivity index (χ2n) is 18.9. The molecule has 0 aliphatic carbocycles. The van der Waals surface area contributed by atoms with Crippen LogP contribution in [0.1, 0.15) is 60.4 Å². The van der Waals surface area contributed by atoms with Gasteiger partial charge in [0, 0.05) is 171 Å².